The second-order valence-electron chi connectivity index (χ2n) is 10.7. The van der Waals surface area contributed by atoms with Crippen molar-refractivity contribution < 1.29 is 18.0 Å². The molecule has 0 radical (unpaired) electrons. The number of rotatable bonds is 12. The lowest BCUT2D eigenvalue weighted by atomic mass is 9.79. The van der Waals surface area contributed by atoms with Gasteiger partial charge in [-0.15, -0.1) is 0 Å². The molecule has 5 rings (SSSR count). The Balaban J connectivity index is 1.46. The minimum atomic E-state index is -4.46. The Morgan fingerprint density at radius 2 is 1.63 bits per heavy atom. The van der Waals surface area contributed by atoms with Crippen molar-refractivity contribution in [3.63, 3.8) is 0 Å². The minimum Gasteiger partial charge on any atom is -0.385 e. The van der Waals surface area contributed by atoms with Crippen LogP contribution in [0, 0.1) is 0 Å². The molecule has 1 atom stereocenters. The maximum absolute atomic E-state index is 13.9. The summed E-state index contributed by atoms with van der Waals surface area (Å²) in [5.41, 5.74) is 3.18. The Morgan fingerprint density at radius 3 is 2.32 bits per heavy atom. The van der Waals surface area contributed by atoms with Crippen LogP contribution in [0.1, 0.15) is 70.4 Å². The predicted octanol–water partition coefficient (Wildman–Crippen LogP) is 7.76. The molecule has 1 aromatic heterocycles. The van der Waals surface area contributed by atoms with Crippen LogP contribution >= 0.6 is 0 Å². The lowest BCUT2D eigenvalue weighted by Gasteiger charge is -2.36. The van der Waals surface area contributed by atoms with Crippen LogP contribution in [-0.4, -0.2) is 23.9 Å². The van der Waals surface area contributed by atoms with Crippen LogP contribution in [-0.2, 0) is 18.1 Å². The number of Topliss-reactive ketones (excluding diaryl/α,β-unsaturated/α-hetero) is 1. The van der Waals surface area contributed by atoms with Gasteiger partial charge in [-0.3, -0.25) is 9.78 Å². The number of ketones is 1. The van der Waals surface area contributed by atoms with Crippen molar-refractivity contribution in [1.82, 2.24) is 10.3 Å². The highest BCUT2D eigenvalue weighted by molar-refractivity contribution is 5.94. The normalized spacial score (nSPS) is 14.8. The molecule has 2 N–H and O–H groups in total. The van der Waals surface area contributed by atoms with Crippen molar-refractivity contribution >= 4 is 11.5 Å². The molecule has 1 fully saturated rings. The van der Waals surface area contributed by atoms with Gasteiger partial charge in [0, 0.05) is 30.4 Å². The number of anilines is 1. The average Bonchev–Trinajstić information content (AvgIpc) is 3.83. The van der Waals surface area contributed by atoms with Crippen LogP contribution < -0.4 is 10.6 Å². The summed E-state index contributed by atoms with van der Waals surface area (Å²) in [7, 11) is 0. The van der Waals surface area contributed by atoms with Crippen LogP contribution in [0.3, 0.4) is 0 Å². The fraction of sp³-hybridized carbons (Fsp3) is 0.294. The maximum atomic E-state index is 13.9. The first kappa shape index (κ1) is 28.6. The van der Waals surface area contributed by atoms with Crippen molar-refractivity contribution in [2.45, 2.75) is 50.2 Å². The lowest BCUT2D eigenvalue weighted by molar-refractivity contribution is -0.137. The van der Waals surface area contributed by atoms with Gasteiger partial charge in [0.2, 0.25) is 0 Å². The average molecular weight is 558 g/mol. The second kappa shape index (κ2) is 12.3. The number of nitrogens with zero attached hydrogens (tertiary/aromatic N) is 1. The van der Waals surface area contributed by atoms with E-state index >= 15 is 0 Å². The first-order valence-electron chi connectivity index (χ1n) is 14.0. The molecule has 3 aromatic carbocycles. The molecule has 1 aliphatic rings. The molecule has 1 unspecified atom stereocenters. The minimum absolute atomic E-state index is 0.00213. The smallest absolute Gasteiger partial charge is 0.385 e. The molecule has 1 heterocycles. The molecule has 0 amide bonds. The Labute approximate surface area is 239 Å². The van der Waals surface area contributed by atoms with E-state index < -0.39 is 17.3 Å². The molecule has 0 aliphatic heterocycles. The highest BCUT2D eigenvalue weighted by Crippen LogP contribution is 2.41. The zero-order valence-electron chi connectivity index (χ0n) is 23.0. The molecule has 41 heavy (non-hydrogen) atoms. The van der Waals surface area contributed by atoms with Crippen LogP contribution in [0.2, 0.25) is 0 Å². The molecular formula is C34H34F3N3O. The van der Waals surface area contributed by atoms with E-state index in [1.807, 2.05) is 60.8 Å². The van der Waals surface area contributed by atoms with E-state index in [9.17, 15) is 18.0 Å². The number of pyridine rings is 1. The summed E-state index contributed by atoms with van der Waals surface area (Å²) in [6.07, 6.45) is 0.829. The highest BCUT2D eigenvalue weighted by atomic mass is 19.4. The third-order valence-electron chi connectivity index (χ3n) is 7.65. The van der Waals surface area contributed by atoms with E-state index in [4.69, 9.17) is 4.98 Å². The molecule has 7 heteroatoms. The largest absolute Gasteiger partial charge is 0.416 e. The molecule has 0 spiro atoms. The van der Waals surface area contributed by atoms with Gasteiger partial charge in [0.25, 0.3) is 0 Å². The lowest BCUT2D eigenvalue weighted by Crippen LogP contribution is -2.47. The number of hydrogen-bond acceptors (Lipinski definition) is 4. The number of carbonyl (C=O) groups excluding carboxylic acids is 1. The molecule has 4 nitrogen and oxygen atoms in total. The van der Waals surface area contributed by atoms with Crippen molar-refractivity contribution in [2.24, 2.45) is 0 Å². The van der Waals surface area contributed by atoms with Gasteiger partial charge < -0.3 is 10.6 Å². The highest BCUT2D eigenvalue weighted by Gasteiger charge is 2.38. The van der Waals surface area contributed by atoms with Gasteiger partial charge in [-0.25, -0.2) is 0 Å². The summed E-state index contributed by atoms with van der Waals surface area (Å²) >= 11 is 0. The molecule has 0 saturated heterocycles. The number of halogens is 3. The summed E-state index contributed by atoms with van der Waals surface area (Å²) in [5.74, 6) is 0.525. The Morgan fingerprint density at radius 1 is 0.878 bits per heavy atom. The second-order valence-corrected chi connectivity index (χ2v) is 10.7. The van der Waals surface area contributed by atoms with Gasteiger partial charge in [0.1, 0.15) is 0 Å². The first-order valence-corrected chi connectivity index (χ1v) is 14.0. The molecule has 1 aliphatic carbocycles. The van der Waals surface area contributed by atoms with Crippen molar-refractivity contribution in [3.8, 4) is 0 Å². The molecule has 0 bridgehead atoms. The van der Waals surface area contributed by atoms with Gasteiger partial charge in [-0.2, -0.15) is 13.2 Å². The number of benzene rings is 3. The number of nitrogens with one attached hydrogen (secondary N) is 2. The van der Waals surface area contributed by atoms with E-state index in [1.165, 1.54) is 24.6 Å². The molecule has 1 saturated carbocycles. The fourth-order valence-electron chi connectivity index (χ4n) is 5.25. The van der Waals surface area contributed by atoms with Crippen molar-refractivity contribution in [2.75, 3.05) is 18.4 Å². The predicted molar refractivity (Wildman–Crippen MR) is 156 cm³/mol. The van der Waals surface area contributed by atoms with Crippen molar-refractivity contribution in [3.05, 3.63) is 131 Å². The van der Waals surface area contributed by atoms with E-state index in [-0.39, 0.29) is 5.78 Å². The summed E-state index contributed by atoms with van der Waals surface area (Å²) in [6, 6.07) is 26.8. The van der Waals surface area contributed by atoms with E-state index in [0.717, 1.165) is 30.2 Å². The molecule has 4 aromatic rings. The zero-order chi connectivity index (χ0) is 28.9. The first-order chi connectivity index (χ1) is 19.7. The number of aromatic nitrogens is 1. The Kier molecular flexibility index (Phi) is 8.54. The number of hydrogen-bond donors (Lipinski definition) is 2. The zero-order valence-corrected chi connectivity index (χ0v) is 23.0. The standard InChI is InChI=1S/C34H34F3N3O/c1-24(41)27-10-5-13-31(20-27)38-18-7-19-40-33(22-25-8-3-2-4-9-25,29-11-6-12-30(21-29)34(35,36)37)32-17-16-28(23-39-32)26-14-15-26/h2-6,8-13,16-17,20-21,23,26,38,40H,7,14-15,18-19,22H2,1H3. The van der Waals surface area contributed by atoms with Gasteiger partial charge in [-0.05, 0) is 85.7 Å². The Hall–Kier alpha value is -3.97. The van der Waals surface area contributed by atoms with Crippen LogP contribution in [0.15, 0.2) is 97.2 Å². The van der Waals surface area contributed by atoms with E-state index in [1.54, 1.807) is 12.1 Å². The third-order valence-corrected chi connectivity index (χ3v) is 7.65. The van der Waals surface area contributed by atoms with E-state index in [0.29, 0.717) is 48.7 Å². The van der Waals surface area contributed by atoms with E-state index in [2.05, 4.69) is 16.7 Å². The topological polar surface area (TPSA) is 54.0 Å². The number of carbonyl (C=O) groups is 1. The summed E-state index contributed by atoms with van der Waals surface area (Å²) in [5, 5.41) is 7.00. The summed E-state index contributed by atoms with van der Waals surface area (Å²) in [4.78, 5) is 16.6. The van der Waals surface area contributed by atoms with Crippen LogP contribution in [0.5, 0.6) is 0 Å². The summed E-state index contributed by atoms with van der Waals surface area (Å²) < 4.78 is 41.6. The molecular weight excluding hydrogens is 523 g/mol. The number of alkyl halides is 3. The Bertz CT molecular complexity index is 1470. The van der Waals surface area contributed by atoms with Gasteiger partial charge in [0.05, 0.1) is 16.8 Å². The van der Waals surface area contributed by atoms with Crippen LogP contribution in [0.4, 0.5) is 18.9 Å². The molecule has 212 valence electrons. The van der Waals surface area contributed by atoms with Gasteiger partial charge in [0.15, 0.2) is 5.78 Å². The third kappa shape index (κ3) is 7.03. The van der Waals surface area contributed by atoms with Crippen molar-refractivity contribution in [1.29, 1.82) is 0 Å². The maximum Gasteiger partial charge on any atom is 0.416 e. The quantitative estimate of drug-likeness (QED) is 0.138. The SMILES string of the molecule is CC(=O)c1cccc(NCCCNC(Cc2ccccc2)(c2cccc(C(F)(F)F)c2)c2ccc(C3CC3)cn2)c1. The van der Waals surface area contributed by atoms with Gasteiger partial charge >= 0.3 is 6.18 Å². The van der Waals surface area contributed by atoms with Crippen LogP contribution in [0.25, 0.3) is 0 Å². The fourth-order valence-corrected chi connectivity index (χ4v) is 5.25. The monoisotopic (exact) mass is 557 g/mol. The summed E-state index contributed by atoms with van der Waals surface area (Å²) in [6.45, 7) is 2.68. The van der Waals surface area contributed by atoms with Gasteiger partial charge in [-0.1, -0.05) is 60.7 Å².